The summed E-state index contributed by atoms with van der Waals surface area (Å²) >= 11 is 0. The van der Waals surface area contributed by atoms with Crippen molar-refractivity contribution < 1.29 is 4.79 Å². The Bertz CT molecular complexity index is 546. The Balaban J connectivity index is 0.00000529. The zero-order chi connectivity index (χ0) is 17.1. The van der Waals surface area contributed by atoms with Gasteiger partial charge in [-0.3, -0.25) is 9.79 Å². The maximum absolute atomic E-state index is 12.1. The average Bonchev–Trinajstić information content (AvgIpc) is 2.55. The van der Waals surface area contributed by atoms with Crippen molar-refractivity contribution in [1.29, 1.82) is 0 Å². The first-order valence-corrected chi connectivity index (χ1v) is 7.64. The number of rotatable bonds is 8. The molecule has 0 saturated carbocycles. The van der Waals surface area contributed by atoms with Crippen LogP contribution in [0.5, 0.6) is 0 Å². The minimum absolute atomic E-state index is 0. The SMILES string of the molecule is C=CCNC(=NC)NCc1cccc(C(=O)NCCN(C)C)c1.I. The summed E-state index contributed by atoms with van der Waals surface area (Å²) in [5.74, 6) is 0.647. The molecule has 6 nitrogen and oxygen atoms in total. The summed E-state index contributed by atoms with van der Waals surface area (Å²) in [7, 11) is 5.67. The summed E-state index contributed by atoms with van der Waals surface area (Å²) in [4.78, 5) is 18.3. The number of amides is 1. The molecule has 3 N–H and O–H groups in total. The van der Waals surface area contributed by atoms with Crippen LogP contribution in [0.4, 0.5) is 0 Å². The van der Waals surface area contributed by atoms with E-state index < -0.39 is 0 Å². The second-order valence-corrected chi connectivity index (χ2v) is 5.35. The van der Waals surface area contributed by atoms with Gasteiger partial charge in [0.15, 0.2) is 5.96 Å². The van der Waals surface area contributed by atoms with E-state index in [1.54, 1.807) is 13.1 Å². The van der Waals surface area contributed by atoms with Crippen LogP contribution in [0.15, 0.2) is 41.9 Å². The zero-order valence-corrected chi connectivity index (χ0v) is 17.0. The first kappa shape index (κ1) is 22.4. The van der Waals surface area contributed by atoms with Gasteiger partial charge in [-0.15, -0.1) is 30.6 Å². The number of carbonyl (C=O) groups is 1. The van der Waals surface area contributed by atoms with Crippen LogP contribution >= 0.6 is 24.0 Å². The van der Waals surface area contributed by atoms with E-state index in [4.69, 9.17) is 0 Å². The highest BCUT2D eigenvalue weighted by Gasteiger charge is 2.06. The number of aliphatic imine (C=N–C) groups is 1. The lowest BCUT2D eigenvalue weighted by molar-refractivity contribution is 0.0951. The lowest BCUT2D eigenvalue weighted by Gasteiger charge is -2.12. The highest BCUT2D eigenvalue weighted by atomic mass is 127. The molecule has 1 amide bonds. The molecule has 0 atom stereocenters. The summed E-state index contributed by atoms with van der Waals surface area (Å²) in [6, 6.07) is 7.57. The van der Waals surface area contributed by atoms with Gasteiger partial charge >= 0.3 is 0 Å². The van der Waals surface area contributed by atoms with Crippen molar-refractivity contribution in [2.75, 3.05) is 40.8 Å². The molecule has 0 bridgehead atoms. The third-order valence-corrected chi connectivity index (χ3v) is 3.13. The second kappa shape index (κ2) is 12.8. The molecule has 134 valence electrons. The van der Waals surface area contributed by atoms with Crippen LogP contribution in [0.25, 0.3) is 0 Å². The maximum atomic E-state index is 12.1. The van der Waals surface area contributed by atoms with Crippen molar-refractivity contribution >= 4 is 35.8 Å². The Morgan fingerprint density at radius 2 is 2.04 bits per heavy atom. The van der Waals surface area contributed by atoms with Crippen LogP contribution in [-0.2, 0) is 6.54 Å². The molecule has 0 radical (unpaired) electrons. The Kier molecular flexibility index (Phi) is 11.9. The van der Waals surface area contributed by atoms with Crippen LogP contribution in [0.1, 0.15) is 15.9 Å². The molecule has 0 heterocycles. The predicted octanol–water partition coefficient (Wildman–Crippen LogP) is 1.45. The minimum atomic E-state index is -0.0529. The van der Waals surface area contributed by atoms with E-state index in [1.165, 1.54) is 0 Å². The molecule has 1 aromatic rings. The smallest absolute Gasteiger partial charge is 0.251 e. The van der Waals surface area contributed by atoms with E-state index in [1.807, 2.05) is 43.3 Å². The van der Waals surface area contributed by atoms with E-state index in [9.17, 15) is 4.79 Å². The standard InChI is InChI=1S/C17H27N5O.HI/c1-5-9-20-17(18-2)21-13-14-7-6-8-15(12-14)16(23)19-10-11-22(3)4;/h5-8,12H,1,9-11,13H2,2-4H3,(H,19,23)(H2,18,20,21);1H. The van der Waals surface area contributed by atoms with Gasteiger partial charge in [-0.1, -0.05) is 18.2 Å². The van der Waals surface area contributed by atoms with Gasteiger partial charge in [0, 0.05) is 38.8 Å². The quantitative estimate of drug-likeness (QED) is 0.245. The van der Waals surface area contributed by atoms with E-state index in [0.29, 0.717) is 31.2 Å². The summed E-state index contributed by atoms with van der Waals surface area (Å²) in [5.41, 5.74) is 1.68. The van der Waals surface area contributed by atoms with Gasteiger partial charge in [0.1, 0.15) is 0 Å². The van der Waals surface area contributed by atoms with Gasteiger partial charge < -0.3 is 20.9 Å². The third kappa shape index (κ3) is 8.88. The third-order valence-electron chi connectivity index (χ3n) is 3.13. The summed E-state index contributed by atoms with van der Waals surface area (Å²) in [5, 5.41) is 9.21. The van der Waals surface area contributed by atoms with Gasteiger partial charge in [0.2, 0.25) is 0 Å². The van der Waals surface area contributed by atoms with Crippen molar-refractivity contribution in [1.82, 2.24) is 20.9 Å². The lowest BCUT2D eigenvalue weighted by atomic mass is 10.1. The summed E-state index contributed by atoms with van der Waals surface area (Å²) in [6.45, 7) is 6.35. The molecular formula is C17H28IN5O. The Hall–Kier alpha value is -1.61. The number of halogens is 1. The number of carbonyl (C=O) groups excluding carboxylic acids is 1. The number of benzene rings is 1. The number of likely N-dealkylation sites (N-methyl/N-ethyl adjacent to an activating group) is 1. The molecule has 24 heavy (non-hydrogen) atoms. The topological polar surface area (TPSA) is 68.8 Å². The van der Waals surface area contributed by atoms with E-state index in [-0.39, 0.29) is 29.9 Å². The molecule has 0 aliphatic heterocycles. The molecule has 7 heteroatoms. The largest absolute Gasteiger partial charge is 0.353 e. The van der Waals surface area contributed by atoms with Crippen LogP contribution in [-0.4, -0.2) is 57.5 Å². The number of hydrogen-bond acceptors (Lipinski definition) is 3. The fourth-order valence-corrected chi connectivity index (χ4v) is 1.89. The Morgan fingerprint density at radius 1 is 1.29 bits per heavy atom. The molecule has 1 rings (SSSR count). The monoisotopic (exact) mass is 445 g/mol. The molecule has 0 aliphatic rings. The number of nitrogens with one attached hydrogen (secondary N) is 3. The fourth-order valence-electron chi connectivity index (χ4n) is 1.89. The molecule has 0 unspecified atom stereocenters. The van der Waals surface area contributed by atoms with Gasteiger partial charge in [-0.05, 0) is 31.8 Å². The summed E-state index contributed by atoms with van der Waals surface area (Å²) in [6.07, 6.45) is 1.77. The van der Waals surface area contributed by atoms with Crippen molar-refractivity contribution in [2.24, 2.45) is 4.99 Å². The first-order valence-electron chi connectivity index (χ1n) is 7.64. The minimum Gasteiger partial charge on any atom is -0.353 e. The molecule has 1 aromatic carbocycles. The Labute approximate surface area is 161 Å². The molecule has 0 saturated heterocycles. The molecular weight excluding hydrogens is 417 g/mol. The van der Waals surface area contributed by atoms with E-state index in [2.05, 4.69) is 27.5 Å². The van der Waals surface area contributed by atoms with Crippen LogP contribution in [0, 0.1) is 0 Å². The highest BCUT2D eigenvalue weighted by molar-refractivity contribution is 14.0. The van der Waals surface area contributed by atoms with Crippen molar-refractivity contribution in [3.8, 4) is 0 Å². The van der Waals surface area contributed by atoms with Crippen molar-refractivity contribution in [3.05, 3.63) is 48.0 Å². The molecule has 0 aliphatic carbocycles. The lowest BCUT2D eigenvalue weighted by Crippen LogP contribution is -2.36. The predicted molar refractivity (Wildman–Crippen MR) is 111 cm³/mol. The van der Waals surface area contributed by atoms with E-state index >= 15 is 0 Å². The first-order chi connectivity index (χ1) is 11.1. The van der Waals surface area contributed by atoms with Gasteiger partial charge in [0.05, 0.1) is 0 Å². The van der Waals surface area contributed by atoms with Gasteiger partial charge in [0.25, 0.3) is 5.91 Å². The van der Waals surface area contributed by atoms with Crippen LogP contribution in [0.3, 0.4) is 0 Å². The van der Waals surface area contributed by atoms with Gasteiger partial charge in [-0.2, -0.15) is 0 Å². The fraction of sp³-hybridized carbons (Fsp3) is 0.412. The van der Waals surface area contributed by atoms with Crippen molar-refractivity contribution in [2.45, 2.75) is 6.54 Å². The molecule has 0 fully saturated rings. The summed E-state index contributed by atoms with van der Waals surface area (Å²) < 4.78 is 0. The zero-order valence-electron chi connectivity index (χ0n) is 14.6. The van der Waals surface area contributed by atoms with Crippen molar-refractivity contribution in [3.63, 3.8) is 0 Å². The maximum Gasteiger partial charge on any atom is 0.251 e. The van der Waals surface area contributed by atoms with Gasteiger partial charge in [-0.25, -0.2) is 0 Å². The second-order valence-electron chi connectivity index (χ2n) is 5.35. The Morgan fingerprint density at radius 3 is 2.67 bits per heavy atom. The number of guanidine groups is 1. The normalized spacial score (nSPS) is 10.8. The van der Waals surface area contributed by atoms with Crippen LogP contribution < -0.4 is 16.0 Å². The highest BCUT2D eigenvalue weighted by Crippen LogP contribution is 2.05. The number of hydrogen-bond donors (Lipinski definition) is 3. The number of nitrogens with zero attached hydrogens (tertiary/aromatic N) is 2. The molecule has 0 aromatic heterocycles. The van der Waals surface area contributed by atoms with Crippen LogP contribution in [0.2, 0.25) is 0 Å². The molecule has 0 spiro atoms. The van der Waals surface area contributed by atoms with E-state index in [0.717, 1.165) is 12.1 Å². The average molecular weight is 445 g/mol.